The zero-order chi connectivity index (χ0) is 14.7. The summed E-state index contributed by atoms with van der Waals surface area (Å²) in [5, 5.41) is 4.02. The van der Waals surface area contributed by atoms with E-state index in [9.17, 15) is 0 Å². The van der Waals surface area contributed by atoms with Crippen molar-refractivity contribution in [2.75, 3.05) is 30.0 Å². The van der Waals surface area contributed by atoms with E-state index in [1.54, 1.807) is 0 Å². The van der Waals surface area contributed by atoms with Crippen LogP contribution in [0.2, 0.25) is 0 Å². The number of morpholine rings is 1. The van der Waals surface area contributed by atoms with Crippen LogP contribution in [0.4, 0.5) is 11.9 Å². The highest BCUT2D eigenvalue weighted by Gasteiger charge is 2.22. The lowest BCUT2D eigenvalue weighted by molar-refractivity contribution is 0.0378. The van der Waals surface area contributed by atoms with Crippen molar-refractivity contribution in [2.24, 2.45) is 5.84 Å². The molecular weight excluding hydrogens is 274 g/mol. The average molecular weight is 291 g/mol. The maximum Gasteiger partial charge on any atom is 0.258 e. The third-order valence-electron chi connectivity index (χ3n) is 3.24. The Labute approximate surface area is 121 Å². The van der Waals surface area contributed by atoms with Gasteiger partial charge in [-0.15, -0.1) is 0 Å². The Morgan fingerprint density at radius 1 is 1.38 bits per heavy atom. The molecule has 3 heterocycles. The molecule has 2 aromatic heterocycles. The molecule has 2 aromatic rings. The maximum atomic E-state index is 5.66. The number of nitrogens with one attached hydrogen (secondary N) is 1. The van der Waals surface area contributed by atoms with E-state index in [1.807, 2.05) is 0 Å². The Morgan fingerprint density at radius 3 is 2.95 bits per heavy atom. The average Bonchev–Trinajstić information content (AvgIpc) is 3.09. The monoisotopic (exact) mass is 291 g/mol. The van der Waals surface area contributed by atoms with Gasteiger partial charge < -0.3 is 9.64 Å². The predicted molar refractivity (Wildman–Crippen MR) is 74.8 cm³/mol. The summed E-state index contributed by atoms with van der Waals surface area (Å²) < 4.78 is 7.12. The molecule has 0 radical (unpaired) electrons. The summed E-state index contributed by atoms with van der Waals surface area (Å²) in [5.74, 6) is 6.63. The first-order valence-electron chi connectivity index (χ1n) is 6.74. The number of aromatic nitrogens is 6. The number of anilines is 2. The fraction of sp³-hybridized carbons (Fsp3) is 0.545. The Hall–Kier alpha value is -2.33. The molecule has 3 rings (SSSR count). The minimum absolute atomic E-state index is 0.180. The molecule has 0 spiro atoms. The van der Waals surface area contributed by atoms with Gasteiger partial charge in [0.1, 0.15) is 12.7 Å². The van der Waals surface area contributed by atoms with Crippen LogP contribution < -0.4 is 16.2 Å². The predicted octanol–water partition coefficient (Wildman–Crippen LogP) is -0.647. The van der Waals surface area contributed by atoms with Crippen molar-refractivity contribution in [3.63, 3.8) is 0 Å². The second-order valence-electron chi connectivity index (χ2n) is 4.59. The van der Waals surface area contributed by atoms with E-state index in [2.05, 4.69) is 42.3 Å². The Balaban J connectivity index is 1.92. The maximum absolute atomic E-state index is 5.66. The van der Waals surface area contributed by atoms with E-state index >= 15 is 0 Å². The minimum Gasteiger partial charge on any atom is -0.375 e. The lowest BCUT2D eigenvalue weighted by Gasteiger charge is -2.32. The molecule has 1 aliphatic rings. The van der Waals surface area contributed by atoms with Crippen molar-refractivity contribution < 1.29 is 4.74 Å². The Kier molecular flexibility index (Phi) is 3.88. The van der Waals surface area contributed by atoms with Gasteiger partial charge in [-0.1, -0.05) is 6.92 Å². The molecular formula is C11H17N9O. The van der Waals surface area contributed by atoms with Crippen LogP contribution >= 0.6 is 0 Å². The number of nitrogens with zero attached hydrogens (tertiary/aromatic N) is 7. The van der Waals surface area contributed by atoms with Gasteiger partial charge in [-0.25, -0.2) is 10.8 Å². The summed E-state index contributed by atoms with van der Waals surface area (Å²) in [4.78, 5) is 18.9. The van der Waals surface area contributed by atoms with Crippen molar-refractivity contribution in [2.45, 2.75) is 19.4 Å². The summed E-state index contributed by atoms with van der Waals surface area (Å²) in [5.41, 5.74) is 2.45. The van der Waals surface area contributed by atoms with Crippen LogP contribution in [0.15, 0.2) is 12.7 Å². The van der Waals surface area contributed by atoms with Crippen LogP contribution in [0, 0.1) is 0 Å². The van der Waals surface area contributed by atoms with Crippen LogP contribution in [0.25, 0.3) is 5.95 Å². The molecule has 0 bridgehead atoms. The van der Waals surface area contributed by atoms with Gasteiger partial charge in [-0.3, -0.25) is 5.43 Å². The van der Waals surface area contributed by atoms with Crippen molar-refractivity contribution in [1.82, 2.24) is 29.7 Å². The van der Waals surface area contributed by atoms with Crippen LogP contribution in [-0.2, 0) is 4.74 Å². The second kappa shape index (κ2) is 5.97. The van der Waals surface area contributed by atoms with E-state index in [0.29, 0.717) is 18.5 Å². The number of rotatable bonds is 4. The third-order valence-corrected chi connectivity index (χ3v) is 3.24. The molecule has 0 aliphatic carbocycles. The first kappa shape index (κ1) is 13.6. The molecule has 1 atom stereocenters. The van der Waals surface area contributed by atoms with Gasteiger partial charge in [-0.05, 0) is 6.42 Å². The molecule has 1 aliphatic heterocycles. The fourth-order valence-corrected chi connectivity index (χ4v) is 2.12. The van der Waals surface area contributed by atoms with E-state index in [4.69, 9.17) is 10.6 Å². The summed E-state index contributed by atoms with van der Waals surface area (Å²) >= 11 is 0. The Morgan fingerprint density at radius 2 is 2.24 bits per heavy atom. The molecule has 10 heteroatoms. The first-order chi connectivity index (χ1) is 10.3. The van der Waals surface area contributed by atoms with E-state index in [0.717, 1.165) is 19.5 Å². The zero-order valence-corrected chi connectivity index (χ0v) is 11.7. The van der Waals surface area contributed by atoms with Gasteiger partial charge in [-0.2, -0.15) is 24.7 Å². The van der Waals surface area contributed by atoms with Crippen molar-refractivity contribution in [3.05, 3.63) is 12.7 Å². The van der Waals surface area contributed by atoms with E-state index < -0.39 is 0 Å². The highest BCUT2D eigenvalue weighted by molar-refractivity contribution is 5.39. The van der Waals surface area contributed by atoms with E-state index in [1.165, 1.54) is 17.3 Å². The van der Waals surface area contributed by atoms with Crippen LogP contribution in [0.5, 0.6) is 0 Å². The molecule has 1 saturated heterocycles. The summed E-state index contributed by atoms with van der Waals surface area (Å²) in [6, 6.07) is 0. The fourth-order valence-electron chi connectivity index (χ4n) is 2.12. The minimum atomic E-state index is 0.180. The van der Waals surface area contributed by atoms with Gasteiger partial charge in [0.2, 0.25) is 11.9 Å². The lowest BCUT2D eigenvalue weighted by Crippen LogP contribution is -2.43. The van der Waals surface area contributed by atoms with Gasteiger partial charge in [0.05, 0.1) is 12.7 Å². The molecule has 0 amide bonds. The zero-order valence-electron chi connectivity index (χ0n) is 11.7. The normalized spacial score (nSPS) is 18.8. The number of nitrogen functional groups attached to an aromatic ring is 1. The SMILES string of the molecule is CCC1CN(c2nc(NN)nc(-n3cncn3)n2)CCO1. The quantitative estimate of drug-likeness (QED) is 0.559. The standard InChI is InChI=1S/C11H17N9O/c1-2-8-5-19(3-4-21-8)10-15-9(18-12)16-11(17-10)20-7-13-6-14-20/h6-8H,2-5,12H2,1H3,(H,15,16,17,18). The number of ether oxygens (including phenoxy) is 1. The molecule has 10 nitrogen and oxygen atoms in total. The van der Waals surface area contributed by atoms with Crippen molar-refractivity contribution in [3.8, 4) is 5.95 Å². The molecule has 1 fully saturated rings. The highest BCUT2D eigenvalue weighted by atomic mass is 16.5. The molecule has 1 unspecified atom stereocenters. The molecule has 21 heavy (non-hydrogen) atoms. The van der Waals surface area contributed by atoms with Gasteiger partial charge >= 0.3 is 0 Å². The largest absolute Gasteiger partial charge is 0.375 e. The number of hydrogen-bond acceptors (Lipinski definition) is 9. The summed E-state index contributed by atoms with van der Waals surface area (Å²) in [6.45, 7) is 4.20. The number of nitrogens with two attached hydrogens (primary N) is 1. The van der Waals surface area contributed by atoms with Crippen LogP contribution in [0.3, 0.4) is 0 Å². The van der Waals surface area contributed by atoms with Gasteiger partial charge in [0.15, 0.2) is 0 Å². The van der Waals surface area contributed by atoms with Gasteiger partial charge in [0.25, 0.3) is 5.95 Å². The summed E-state index contributed by atoms with van der Waals surface area (Å²) in [6.07, 6.45) is 4.06. The number of hydrazine groups is 1. The molecule has 3 N–H and O–H groups in total. The van der Waals surface area contributed by atoms with Gasteiger partial charge in [0, 0.05) is 13.1 Å². The summed E-state index contributed by atoms with van der Waals surface area (Å²) in [7, 11) is 0. The van der Waals surface area contributed by atoms with Crippen molar-refractivity contribution >= 4 is 11.9 Å². The van der Waals surface area contributed by atoms with Crippen LogP contribution in [0.1, 0.15) is 13.3 Å². The number of hydrogen-bond donors (Lipinski definition) is 2. The molecule has 0 saturated carbocycles. The van der Waals surface area contributed by atoms with Crippen molar-refractivity contribution in [1.29, 1.82) is 0 Å². The lowest BCUT2D eigenvalue weighted by atomic mass is 10.2. The second-order valence-corrected chi connectivity index (χ2v) is 4.59. The van der Waals surface area contributed by atoms with Crippen LogP contribution in [-0.4, -0.2) is 55.5 Å². The smallest absolute Gasteiger partial charge is 0.258 e. The molecule has 112 valence electrons. The topological polar surface area (TPSA) is 120 Å². The first-order valence-corrected chi connectivity index (χ1v) is 6.74. The Bertz CT molecular complexity index is 587. The highest BCUT2D eigenvalue weighted by Crippen LogP contribution is 2.17. The third kappa shape index (κ3) is 2.90. The van der Waals surface area contributed by atoms with E-state index in [-0.39, 0.29) is 12.1 Å². The molecule has 0 aromatic carbocycles.